The molecule has 3 N–H and O–H groups in total. The molecule has 1 heterocycles. The summed E-state index contributed by atoms with van der Waals surface area (Å²) in [5, 5.41) is 9.52. The van der Waals surface area contributed by atoms with Crippen LogP contribution in [0.1, 0.15) is 91.4 Å². The van der Waals surface area contributed by atoms with Gasteiger partial charge in [-0.05, 0) is 104 Å². The molecule has 51 heavy (non-hydrogen) atoms. The van der Waals surface area contributed by atoms with Crippen LogP contribution >= 0.6 is 0 Å². The Labute approximate surface area is 295 Å². The summed E-state index contributed by atoms with van der Waals surface area (Å²) in [5.41, 5.74) is 1.86. The zero-order valence-electron chi connectivity index (χ0n) is 28.7. The van der Waals surface area contributed by atoms with Crippen LogP contribution in [0.3, 0.4) is 0 Å². The summed E-state index contributed by atoms with van der Waals surface area (Å²) in [6, 6.07) is 18.0. The van der Waals surface area contributed by atoms with Crippen LogP contribution in [0.15, 0.2) is 77.4 Å². The Balaban J connectivity index is 1.11. The van der Waals surface area contributed by atoms with Crippen molar-refractivity contribution >= 4 is 46.3 Å². The minimum absolute atomic E-state index is 0.0453. The Hall–Kier alpha value is -5.45. The zero-order valence-corrected chi connectivity index (χ0v) is 28.7. The van der Waals surface area contributed by atoms with Gasteiger partial charge in [0.25, 0.3) is 11.8 Å². The lowest BCUT2D eigenvalue weighted by Crippen LogP contribution is -2.51. The molecule has 0 spiro atoms. The average molecular weight is 692 g/mol. The van der Waals surface area contributed by atoms with E-state index in [4.69, 9.17) is 13.9 Å². The van der Waals surface area contributed by atoms with Crippen molar-refractivity contribution in [3.8, 4) is 0 Å². The molecule has 8 rings (SSSR count). The van der Waals surface area contributed by atoms with E-state index in [2.05, 4.69) is 16.0 Å². The molecule has 0 saturated heterocycles. The largest absolute Gasteiger partial charge is 0.465 e. The predicted octanol–water partition coefficient (Wildman–Crippen LogP) is 6.10. The van der Waals surface area contributed by atoms with Gasteiger partial charge in [-0.15, -0.1) is 0 Å². The molecule has 1 unspecified atom stereocenters. The second-order valence-corrected chi connectivity index (χ2v) is 14.4. The van der Waals surface area contributed by atoms with Crippen LogP contribution < -0.4 is 16.0 Å². The highest BCUT2D eigenvalue weighted by Crippen LogP contribution is 2.59. The van der Waals surface area contributed by atoms with E-state index in [1.54, 1.807) is 42.5 Å². The van der Waals surface area contributed by atoms with E-state index in [0.717, 1.165) is 37.0 Å². The van der Waals surface area contributed by atoms with Gasteiger partial charge in [-0.25, -0.2) is 9.59 Å². The van der Waals surface area contributed by atoms with Crippen LogP contribution in [0.25, 0.3) is 11.0 Å². The van der Waals surface area contributed by atoms with Crippen LogP contribution in [-0.4, -0.2) is 57.0 Å². The van der Waals surface area contributed by atoms with Crippen LogP contribution in [-0.2, 0) is 14.3 Å². The zero-order chi connectivity index (χ0) is 35.7. The Morgan fingerprint density at radius 1 is 0.765 bits per heavy atom. The highest BCUT2D eigenvalue weighted by molar-refractivity contribution is 6.10. The lowest BCUT2D eigenvalue weighted by atomic mass is 9.49. The number of hydrogen-bond acceptors (Lipinski definition) is 8. The molecular formula is C40H41N3O8. The SMILES string of the molecule is COC(=O)c1cc(NC(=O)C(CNC(=O)c2cc3ccoc3cc2C(=O)NCC23CC4CC(CC(C4)C2)C3)c2ccccc2)cc(C(=O)OC)c1. The minimum atomic E-state index is -0.885. The Kier molecular flexibility index (Phi) is 9.37. The van der Waals surface area contributed by atoms with Crippen molar-refractivity contribution in [3.05, 3.63) is 101 Å². The highest BCUT2D eigenvalue weighted by Gasteiger charge is 2.50. The van der Waals surface area contributed by atoms with E-state index in [1.165, 1.54) is 57.9 Å². The number of ether oxygens (including phenoxy) is 2. The summed E-state index contributed by atoms with van der Waals surface area (Å²) in [6.07, 6.45) is 8.87. The number of amides is 3. The highest BCUT2D eigenvalue weighted by atomic mass is 16.5. The molecule has 4 aliphatic carbocycles. The smallest absolute Gasteiger partial charge is 0.337 e. The van der Waals surface area contributed by atoms with Gasteiger partial charge in [0, 0.05) is 24.2 Å². The van der Waals surface area contributed by atoms with Crippen LogP contribution in [0.5, 0.6) is 0 Å². The summed E-state index contributed by atoms with van der Waals surface area (Å²) < 4.78 is 15.2. The number of hydrogen-bond donors (Lipinski definition) is 3. The third-order valence-electron chi connectivity index (χ3n) is 10.9. The van der Waals surface area contributed by atoms with Crippen molar-refractivity contribution in [2.75, 3.05) is 32.6 Å². The topological polar surface area (TPSA) is 153 Å². The van der Waals surface area contributed by atoms with Gasteiger partial charge in [-0.2, -0.15) is 0 Å². The standard InChI is InChI=1S/C40H41N3O8/c1-49-38(47)28-13-29(39(48)50-2)15-30(14-28)43-37(46)33(26-6-4-3-5-7-26)21-41-35(44)31-16-27-8-9-51-34(27)17-32(31)36(45)42-22-40-18-23-10-24(19-40)12-25(11-23)20-40/h3-9,13-17,23-25,33H,10-12,18-22H2,1-2H3,(H,41,44)(H,42,45)(H,43,46). The number of methoxy groups -OCH3 is 2. The van der Waals surface area contributed by atoms with Gasteiger partial charge in [0.15, 0.2) is 0 Å². The van der Waals surface area contributed by atoms with E-state index >= 15 is 0 Å². The number of nitrogens with one attached hydrogen (secondary N) is 3. The van der Waals surface area contributed by atoms with Crippen molar-refractivity contribution in [2.24, 2.45) is 23.2 Å². The van der Waals surface area contributed by atoms with Gasteiger partial charge < -0.3 is 29.8 Å². The number of esters is 2. The van der Waals surface area contributed by atoms with Gasteiger partial charge in [-0.1, -0.05) is 30.3 Å². The number of anilines is 1. The summed E-state index contributed by atoms with van der Waals surface area (Å²) in [6.45, 7) is 0.463. The third-order valence-corrected chi connectivity index (χ3v) is 10.9. The maximum Gasteiger partial charge on any atom is 0.337 e. The van der Waals surface area contributed by atoms with Gasteiger partial charge in [-0.3, -0.25) is 14.4 Å². The lowest BCUT2D eigenvalue weighted by Gasteiger charge is -2.56. The molecule has 1 atom stereocenters. The fourth-order valence-electron chi connectivity index (χ4n) is 8.99. The normalized spacial score (nSPS) is 22.2. The Bertz CT molecular complexity index is 1930. The van der Waals surface area contributed by atoms with E-state index in [0.29, 0.717) is 23.1 Å². The molecule has 4 fully saturated rings. The fraction of sp³-hybridized carbons (Fsp3) is 0.375. The van der Waals surface area contributed by atoms with Crippen molar-refractivity contribution < 1.29 is 37.9 Å². The third kappa shape index (κ3) is 7.10. The first-order chi connectivity index (χ1) is 24.6. The quantitative estimate of drug-likeness (QED) is 0.160. The number of rotatable bonds is 11. The first-order valence-corrected chi connectivity index (χ1v) is 17.4. The molecule has 4 aliphatic rings. The average Bonchev–Trinajstić information content (AvgIpc) is 3.60. The van der Waals surface area contributed by atoms with E-state index in [1.807, 2.05) is 6.07 Å². The number of benzene rings is 3. The Morgan fingerprint density at radius 3 is 1.96 bits per heavy atom. The molecule has 264 valence electrons. The van der Waals surface area contributed by atoms with Crippen molar-refractivity contribution in [1.29, 1.82) is 0 Å². The maximum atomic E-state index is 13.9. The maximum absolute atomic E-state index is 13.9. The summed E-state index contributed by atoms with van der Waals surface area (Å²) in [7, 11) is 2.42. The second-order valence-electron chi connectivity index (χ2n) is 14.4. The van der Waals surface area contributed by atoms with E-state index in [9.17, 15) is 24.0 Å². The predicted molar refractivity (Wildman–Crippen MR) is 188 cm³/mol. The van der Waals surface area contributed by atoms with Crippen LogP contribution in [0, 0.1) is 23.2 Å². The molecule has 0 aliphatic heterocycles. The van der Waals surface area contributed by atoms with Crippen LogP contribution in [0.2, 0.25) is 0 Å². The van der Waals surface area contributed by atoms with Crippen molar-refractivity contribution in [3.63, 3.8) is 0 Å². The first-order valence-electron chi connectivity index (χ1n) is 17.4. The van der Waals surface area contributed by atoms with Crippen molar-refractivity contribution in [1.82, 2.24) is 10.6 Å². The number of fused-ring (bicyclic) bond motifs is 1. The molecule has 1 aromatic heterocycles. The van der Waals surface area contributed by atoms with Gasteiger partial charge in [0.2, 0.25) is 5.91 Å². The summed E-state index contributed by atoms with van der Waals surface area (Å²) >= 11 is 0. The molecule has 0 radical (unpaired) electrons. The molecule has 4 bridgehead atoms. The molecule has 3 amide bonds. The summed E-state index contributed by atoms with van der Waals surface area (Å²) in [5.74, 6) is -1.40. The molecular weight excluding hydrogens is 650 g/mol. The van der Waals surface area contributed by atoms with Gasteiger partial charge in [0.05, 0.1) is 48.7 Å². The van der Waals surface area contributed by atoms with Gasteiger partial charge >= 0.3 is 11.9 Å². The lowest BCUT2D eigenvalue weighted by molar-refractivity contribution is -0.117. The van der Waals surface area contributed by atoms with Crippen molar-refractivity contribution in [2.45, 2.75) is 44.4 Å². The minimum Gasteiger partial charge on any atom is -0.465 e. The molecule has 11 nitrogen and oxygen atoms in total. The number of furan rings is 1. The molecule has 4 aromatic rings. The monoisotopic (exact) mass is 691 g/mol. The van der Waals surface area contributed by atoms with E-state index in [-0.39, 0.29) is 45.8 Å². The molecule has 4 saturated carbocycles. The first kappa shape index (κ1) is 34.0. The fourth-order valence-corrected chi connectivity index (χ4v) is 8.99. The number of carbonyl (C=O) groups excluding carboxylic acids is 5. The Morgan fingerprint density at radius 2 is 1.35 bits per heavy atom. The number of carbonyl (C=O) groups is 5. The van der Waals surface area contributed by atoms with E-state index < -0.39 is 29.7 Å². The van der Waals surface area contributed by atoms with Gasteiger partial charge in [0.1, 0.15) is 5.58 Å². The summed E-state index contributed by atoms with van der Waals surface area (Å²) in [4.78, 5) is 66.3. The molecule has 11 heteroatoms. The second kappa shape index (κ2) is 14.0. The molecule has 3 aromatic carbocycles. The van der Waals surface area contributed by atoms with Crippen LogP contribution in [0.4, 0.5) is 5.69 Å².